The highest BCUT2D eigenvalue weighted by Gasteiger charge is 2.34. The zero-order valence-electron chi connectivity index (χ0n) is 22.3. The van der Waals surface area contributed by atoms with E-state index in [0.717, 1.165) is 67.8 Å². The van der Waals surface area contributed by atoms with Crippen LogP contribution in [0.2, 0.25) is 0 Å². The second-order valence-electron chi connectivity index (χ2n) is 10.9. The van der Waals surface area contributed by atoms with Gasteiger partial charge in [-0.2, -0.15) is 10.2 Å². The highest BCUT2D eigenvalue weighted by atomic mass is 19.3. The summed E-state index contributed by atoms with van der Waals surface area (Å²) in [5.74, 6) is 0.865. The highest BCUT2D eigenvalue weighted by Crippen LogP contribution is 2.43. The van der Waals surface area contributed by atoms with Crippen LogP contribution in [0.4, 0.5) is 20.3 Å². The first-order valence-corrected chi connectivity index (χ1v) is 13.6. The van der Waals surface area contributed by atoms with Crippen LogP contribution in [0.1, 0.15) is 61.0 Å². The average molecular weight is 524 g/mol. The lowest BCUT2D eigenvalue weighted by atomic mass is 9.93. The van der Waals surface area contributed by atoms with Crippen LogP contribution in [-0.2, 0) is 31.2 Å². The number of halogens is 2. The number of piperidine rings is 1. The van der Waals surface area contributed by atoms with E-state index in [0.29, 0.717) is 36.9 Å². The average Bonchev–Trinajstić information content (AvgIpc) is 3.51. The van der Waals surface area contributed by atoms with Crippen molar-refractivity contribution < 1.29 is 13.6 Å². The van der Waals surface area contributed by atoms with Crippen molar-refractivity contribution in [1.29, 1.82) is 0 Å². The number of aromatic nitrogens is 4. The number of likely N-dealkylation sites (tertiary alicyclic amines) is 1. The Bertz CT molecular complexity index is 1360. The number of aryl methyl sites for hydroxylation is 2. The number of benzene rings is 1. The lowest BCUT2D eigenvalue weighted by Gasteiger charge is -2.33. The van der Waals surface area contributed by atoms with E-state index in [2.05, 4.69) is 26.6 Å². The van der Waals surface area contributed by atoms with E-state index in [9.17, 15) is 13.6 Å². The molecule has 6 rings (SSSR count). The molecule has 38 heavy (non-hydrogen) atoms. The molecule has 0 radical (unpaired) electrons. The van der Waals surface area contributed by atoms with Gasteiger partial charge in [-0.25, -0.2) is 8.78 Å². The van der Waals surface area contributed by atoms with Crippen molar-refractivity contribution >= 4 is 17.4 Å². The minimum atomic E-state index is -2.63. The molecule has 0 unspecified atom stereocenters. The SMILES string of the molecule is CC(=O)N1CCc2c(c(N3CCCc4cc(-c5ccn(C)n5)c(C(F)F)cc43)nn2C2CCN(C)CC2)C1. The van der Waals surface area contributed by atoms with E-state index < -0.39 is 6.43 Å². The van der Waals surface area contributed by atoms with Gasteiger partial charge in [-0.1, -0.05) is 0 Å². The standard InChI is InChI=1S/C28H35F2N7O/c1-18(38)35-14-9-25-23(17-35)28(32-37(25)20-6-11-33(2)12-7-20)36-10-4-5-19-15-21(24-8-13-34(3)31-24)22(27(29)30)16-26(19)36/h8,13,15-16,20,27H,4-7,9-12,14,17H2,1-3H3. The van der Waals surface area contributed by atoms with Crippen molar-refractivity contribution in [2.75, 3.05) is 38.1 Å². The molecule has 0 N–H and O–H groups in total. The summed E-state index contributed by atoms with van der Waals surface area (Å²) in [6, 6.07) is 5.64. The Morgan fingerprint density at radius 3 is 2.53 bits per heavy atom. The van der Waals surface area contributed by atoms with Crippen LogP contribution in [0.25, 0.3) is 11.3 Å². The third-order valence-corrected chi connectivity index (χ3v) is 8.39. The number of hydrogen-bond donors (Lipinski definition) is 0. The van der Waals surface area contributed by atoms with Gasteiger partial charge in [0.2, 0.25) is 5.91 Å². The predicted octanol–water partition coefficient (Wildman–Crippen LogP) is 4.48. The van der Waals surface area contributed by atoms with Gasteiger partial charge < -0.3 is 14.7 Å². The summed E-state index contributed by atoms with van der Waals surface area (Å²) in [5, 5.41) is 9.60. The Labute approximate surface area is 221 Å². The predicted molar refractivity (Wildman–Crippen MR) is 142 cm³/mol. The second-order valence-corrected chi connectivity index (χ2v) is 10.9. The van der Waals surface area contributed by atoms with Crippen LogP contribution in [0.3, 0.4) is 0 Å². The molecule has 1 amide bonds. The van der Waals surface area contributed by atoms with Gasteiger partial charge in [-0.15, -0.1) is 0 Å². The Balaban J connectivity index is 1.46. The fourth-order valence-corrected chi connectivity index (χ4v) is 6.29. The summed E-state index contributed by atoms with van der Waals surface area (Å²) in [7, 11) is 3.94. The van der Waals surface area contributed by atoms with E-state index in [4.69, 9.17) is 5.10 Å². The van der Waals surface area contributed by atoms with Gasteiger partial charge in [0.05, 0.1) is 18.3 Å². The smallest absolute Gasteiger partial charge is 0.264 e. The number of fused-ring (bicyclic) bond motifs is 2. The second kappa shape index (κ2) is 9.80. The van der Waals surface area contributed by atoms with Crippen LogP contribution < -0.4 is 4.90 Å². The van der Waals surface area contributed by atoms with Gasteiger partial charge in [-0.05, 0) is 69.6 Å². The fourth-order valence-electron chi connectivity index (χ4n) is 6.29. The van der Waals surface area contributed by atoms with Crippen molar-refractivity contribution in [3.05, 3.63) is 46.8 Å². The van der Waals surface area contributed by atoms with Crippen molar-refractivity contribution in [2.24, 2.45) is 7.05 Å². The van der Waals surface area contributed by atoms with E-state index in [-0.39, 0.29) is 11.5 Å². The molecule has 3 aliphatic heterocycles. The molecule has 1 aromatic carbocycles. The molecule has 8 nitrogen and oxygen atoms in total. The third-order valence-electron chi connectivity index (χ3n) is 8.39. The summed E-state index contributed by atoms with van der Waals surface area (Å²) < 4.78 is 32.6. The van der Waals surface area contributed by atoms with Crippen LogP contribution in [-0.4, -0.2) is 68.5 Å². The van der Waals surface area contributed by atoms with Gasteiger partial charge in [0.1, 0.15) is 0 Å². The molecule has 0 aliphatic carbocycles. The molecule has 3 aliphatic rings. The Morgan fingerprint density at radius 1 is 1.05 bits per heavy atom. The van der Waals surface area contributed by atoms with Crippen molar-refractivity contribution in [1.82, 2.24) is 29.4 Å². The fraction of sp³-hybridized carbons (Fsp3) is 0.536. The van der Waals surface area contributed by atoms with Gasteiger partial charge in [0.25, 0.3) is 6.43 Å². The topological polar surface area (TPSA) is 62.4 Å². The number of rotatable bonds is 4. The third kappa shape index (κ3) is 4.38. The molecule has 2 aromatic heterocycles. The first kappa shape index (κ1) is 25.0. The quantitative estimate of drug-likeness (QED) is 0.505. The molecular formula is C28H35F2N7O. The zero-order chi connectivity index (χ0) is 26.6. The minimum Gasteiger partial charge on any atom is -0.338 e. The Morgan fingerprint density at radius 2 is 1.84 bits per heavy atom. The number of carbonyl (C=O) groups excluding carboxylic acids is 1. The maximum Gasteiger partial charge on any atom is 0.264 e. The maximum atomic E-state index is 14.4. The van der Waals surface area contributed by atoms with E-state index >= 15 is 0 Å². The number of anilines is 2. The van der Waals surface area contributed by atoms with Crippen molar-refractivity contribution in [3.8, 4) is 11.3 Å². The molecule has 0 spiro atoms. The molecule has 5 heterocycles. The molecule has 1 saturated heterocycles. The molecular weight excluding hydrogens is 488 g/mol. The number of alkyl halides is 2. The Kier molecular flexibility index (Phi) is 6.45. The molecule has 3 aromatic rings. The van der Waals surface area contributed by atoms with Crippen LogP contribution in [0.5, 0.6) is 0 Å². The number of carbonyl (C=O) groups is 1. The van der Waals surface area contributed by atoms with E-state index in [1.807, 2.05) is 11.0 Å². The largest absolute Gasteiger partial charge is 0.338 e. The first-order valence-electron chi connectivity index (χ1n) is 13.6. The number of amides is 1. The number of nitrogens with zero attached hydrogens (tertiary/aromatic N) is 7. The Hall–Kier alpha value is -3.27. The normalized spacial score (nSPS) is 18.7. The maximum absolute atomic E-state index is 14.4. The summed E-state index contributed by atoms with van der Waals surface area (Å²) in [6.45, 7) is 5.54. The van der Waals surface area contributed by atoms with E-state index in [1.54, 1.807) is 37.0 Å². The minimum absolute atomic E-state index is 0.0108. The van der Waals surface area contributed by atoms with E-state index in [1.165, 1.54) is 5.69 Å². The summed E-state index contributed by atoms with van der Waals surface area (Å²) >= 11 is 0. The zero-order valence-corrected chi connectivity index (χ0v) is 22.3. The van der Waals surface area contributed by atoms with Crippen LogP contribution >= 0.6 is 0 Å². The summed E-state index contributed by atoms with van der Waals surface area (Å²) in [4.78, 5) is 18.7. The highest BCUT2D eigenvalue weighted by molar-refractivity contribution is 5.77. The first-order chi connectivity index (χ1) is 18.3. The van der Waals surface area contributed by atoms with Crippen LogP contribution in [0.15, 0.2) is 24.4 Å². The lowest BCUT2D eigenvalue weighted by Crippen LogP contribution is -2.36. The summed E-state index contributed by atoms with van der Waals surface area (Å²) in [5.41, 5.74) is 5.11. The van der Waals surface area contributed by atoms with Gasteiger partial charge in [-0.3, -0.25) is 14.2 Å². The van der Waals surface area contributed by atoms with Crippen molar-refractivity contribution in [3.63, 3.8) is 0 Å². The molecule has 0 saturated carbocycles. The van der Waals surface area contributed by atoms with Gasteiger partial charge in [0, 0.05) is 67.8 Å². The van der Waals surface area contributed by atoms with Gasteiger partial charge in [0.15, 0.2) is 5.82 Å². The van der Waals surface area contributed by atoms with Crippen LogP contribution in [0, 0.1) is 0 Å². The van der Waals surface area contributed by atoms with Gasteiger partial charge >= 0.3 is 0 Å². The molecule has 0 atom stereocenters. The van der Waals surface area contributed by atoms with Crippen molar-refractivity contribution in [2.45, 2.75) is 58.0 Å². The number of hydrogen-bond acceptors (Lipinski definition) is 5. The molecule has 1 fully saturated rings. The lowest BCUT2D eigenvalue weighted by molar-refractivity contribution is -0.129. The molecule has 202 valence electrons. The molecule has 0 bridgehead atoms. The summed E-state index contributed by atoms with van der Waals surface area (Å²) in [6.07, 6.45) is 3.68. The monoisotopic (exact) mass is 523 g/mol. The molecule has 10 heteroatoms.